The molecule has 0 radical (unpaired) electrons. The fourth-order valence-corrected chi connectivity index (χ4v) is 8.83. The quantitative estimate of drug-likeness (QED) is 0.422. The Labute approximate surface area is 193 Å². The van der Waals surface area contributed by atoms with Crippen molar-refractivity contribution >= 4 is 24.7 Å². The Morgan fingerprint density at radius 3 is 1.78 bits per heavy atom. The van der Waals surface area contributed by atoms with Gasteiger partial charge in [0.1, 0.15) is 0 Å². The van der Waals surface area contributed by atoms with E-state index in [9.17, 15) is 15.0 Å². The summed E-state index contributed by atoms with van der Waals surface area (Å²) in [5.74, 6) is -0.494. The second-order valence-electron chi connectivity index (χ2n) is 10.1. The first-order valence-electron chi connectivity index (χ1n) is 11.1. The average Bonchev–Trinajstić information content (AvgIpc) is 2.74. The zero-order chi connectivity index (χ0) is 24.0. The van der Waals surface area contributed by atoms with Crippen LogP contribution in [0.4, 0.5) is 0 Å². The first-order chi connectivity index (χ1) is 14.9. The van der Waals surface area contributed by atoms with Crippen molar-refractivity contribution in [1.82, 2.24) is 0 Å². The van der Waals surface area contributed by atoms with Gasteiger partial charge in [-0.15, -0.1) is 0 Å². The minimum absolute atomic E-state index is 0.0756. The van der Waals surface area contributed by atoms with E-state index in [0.717, 1.165) is 0 Å². The van der Waals surface area contributed by atoms with Gasteiger partial charge in [-0.25, -0.2) is 0 Å². The van der Waals surface area contributed by atoms with E-state index < -0.39 is 31.9 Å². The van der Waals surface area contributed by atoms with Crippen LogP contribution in [0.25, 0.3) is 0 Å². The van der Waals surface area contributed by atoms with E-state index in [1.165, 1.54) is 17.5 Å². The van der Waals surface area contributed by atoms with E-state index in [0.29, 0.717) is 6.61 Å². The van der Waals surface area contributed by atoms with Crippen molar-refractivity contribution in [3.05, 3.63) is 60.7 Å². The minimum atomic E-state index is -2.72. The van der Waals surface area contributed by atoms with E-state index in [-0.39, 0.29) is 17.9 Å². The third-order valence-corrected chi connectivity index (χ3v) is 11.1. The molecule has 6 heteroatoms. The van der Waals surface area contributed by atoms with Crippen LogP contribution in [-0.4, -0.2) is 50.4 Å². The molecule has 2 N–H and O–H groups in total. The molecule has 0 unspecified atom stereocenters. The fourth-order valence-electron chi connectivity index (χ4n) is 4.09. The highest BCUT2D eigenvalue weighted by molar-refractivity contribution is 6.99. The predicted molar refractivity (Wildman–Crippen MR) is 131 cm³/mol. The van der Waals surface area contributed by atoms with E-state index >= 15 is 0 Å². The van der Waals surface area contributed by atoms with Gasteiger partial charge in [0.25, 0.3) is 8.32 Å². The number of rotatable bonds is 10. The molecule has 0 aliphatic rings. The van der Waals surface area contributed by atoms with Crippen LogP contribution in [-0.2, 0) is 14.0 Å². The highest BCUT2D eigenvalue weighted by Crippen LogP contribution is 2.38. The summed E-state index contributed by atoms with van der Waals surface area (Å²) in [7, 11) is -1.44. The summed E-state index contributed by atoms with van der Waals surface area (Å²) in [6.07, 6.45) is -1.88. The second kappa shape index (κ2) is 10.7. The van der Waals surface area contributed by atoms with Gasteiger partial charge >= 0.3 is 5.97 Å². The Morgan fingerprint density at radius 2 is 1.38 bits per heavy atom. The molecule has 0 aromatic heterocycles. The zero-order valence-electron chi connectivity index (χ0n) is 20.2. The van der Waals surface area contributed by atoms with Gasteiger partial charge in [0, 0.05) is 18.4 Å². The number of carbonyl (C=O) groups excluding carboxylic acids is 1. The van der Waals surface area contributed by atoms with Crippen molar-refractivity contribution in [1.29, 1.82) is 0 Å². The molecule has 0 amide bonds. The fraction of sp³-hybridized carbons (Fsp3) is 0.500. The van der Waals surface area contributed by atoms with E-state index in [1.807, 2.05) is 50.2 Å². The number of ether oxygens (including phenoxy) is 1. The smallest absolute Gasteiger partial charge is 0.308 e. The summed E-state index contributed by atoms with van der Waals surface area (Å²) >= 11 is 0. The molecule has 0 heterocycles. The summed E-state index contributed by atoms with van der Waals surface area (Å²) in [5.41, 5.74) is -0.635. The molecule has 2 atom stereocenters. The standard InChI is InChI=1S/C26H38O5Si/c1-25(2,3)32(21-13-9-7-10-14-21,22-15-11-8-12-16-22)31-19-26(4,5)23(28)17-20(27)18-24(29)30-6/h7-16,20,23,27-28H,17-19H2,1-6H3/t20-,23-/m0/s1. The molecule has 0 aliphatic carbocycles. The molecule has 2 aromatic carbocycles. The van der Waals surface area contributed by atoms with E-state index in [2.05, 4.69) is 49.8 Å². The normalized spacial score (nSPS) is 14.6. The van der Waals surface area contributed by atoms with Crippen LogP contribution < -0.4 is 10.4 Å². The summed E-state index contributed by atoms with van der Waals surface area (Å²) in [5, 5.41) is 23.3. The maximum atomic E-state index is 11.5. The van der Waals surface area contributed by atoms with Crippen LogP contribution >= 0.6 is 0 Å². The average molecular weight is 459 g/mol. The van der Waals surface area contributed by atoms with Gasteiger partial charge in [-0.05, 0) is 15.4 Å². The van der Waals surface area contributed by atoms with Gasteiger partial charge < -0.3 is 19.4 Å². The lowest BCUT2D eigenvalue weighted by molar-refractivity contribution is -0.143. The second-order valence-corrected chi connectivity index (χ2v) is 14.4. The molecule has 0 spiro atoms. The maximum Gasteiger partial charge on any atom is 0.308 e. The lowest BCUT2D eigenvalue weighted by Crippen LogP contribution is -2.67. The van der Waals surface area contributed by atoms with E-state index in [1.54, 1.807) is 0 Å². The van der Waals surface area contributed by atoms with Crippen molar-refractivity contribution in [3.8, 4) is 0 Å². The molecule has 0 saturated carbocycles. The Balaban J connectivity index is 2.35. The Kier molecular flexibility index (Phi) is 8.82. The summed E-state index contributed by atoms with van der Waals surface area (Å²) in [6.45, 7) is 10.8. The number of hydrogen-bond acceptors (Lipinski definition) is 5. The maximum absolute atomic E-state index is 11.5. The third-order valence-electron chi connectivity index (χ3n) is 6.10. The van der Waals surface area contributed by atoms with Crippen molar-refractivity contribution in [3.63, 3.8) is 0 Å². The Hall–Kier alpha value is -1.99. The summed E-state index contributed by atoms with van der Waals surface area (Å²) < 4.78 is 11.6. The van der Waals surface area contributed by atoms with Gasteiger partial charge in [-0.2, -0.15) is 0 Å². The zero-order valence-corrected chi connectivity index (χ0v) is 21.2. The first kappa shape index (κ1) is 26.3. The van der Waals surface area contributed by atoms with Gasteiger partial charge in [-0.3, -0.25) is 4.79 Å². The molecule has 2 aromatic rings. The molecule has 5 nitrogen and oxygen atoms in total. The number of carbonyl (C=O) groups is 1. The molecule has 32 heavy (non-hydrogen) atoms. The van der Waals surface area contributed by atoms with Crippen LogP contribution in [0.3, 0.4) is 0 Å². The Bertz CT molecular complexity index is 806. The molecule has 0 fully saturated rings. The van der Waals surface area contributed by atoms with Crippen molar-refractivity contribution in [2.45, 2.75) is 64.7 Å². The lowest BCUT2D eigenvalue weighted by Gasteiger charge is -2.45. The number of aliphatic hydroxyl groups excluding tert-OH is 2. The molecule has 0 bridgehead atoms. The van der Waals surface area contributed by atoms with Crippen molar-refractivity contribution in [2.24, 2.45) is 5.41 Å². The highest BCUT2D eigenvalue weighted by atomic mass is 28.4. The SMILES string of the molecule is COC(=O)C[C@@H](O)C[C@H](O)C(C)(C)CO[Si](c1ccccc1)(c1ccccc1)C(C)(C)C. The van der Waals surface area contributed by atoms with Crippen LogP contribution in [0.5, 0.6) is 0 Å². The topological polar surface area (TPSA) is 76.0 Å². The van der Waals surface area contributed by atoms with Crippen LogP contribution in [0.1, 0.15) is 47.5 Å². The number of benzene rings is 2. The van der Waals surface area contributed by atoms with Crippen molar-refractivity contribution in [2.75, 3.05) is 13.7 Å². The third kappa shape index (κ3) is 6.07. The number of aliphatic hydroxyl groups is 2. The lowest BCUT2D eigenvalue weighted by atomic mass is 9.84. The van der Waals surface area contributed by atoms with Gasteiger partial charge in [0.15, 0.2) is 0 Å². The molecule has 0 aliphatic heterocycles. The van der Waals surface area contributed by atoms with Crippen LogP contribution in [0, 0.1) is 5.41 Å². The number of esters is 1. The van der Waals surface area contributed by atoms with Gasteiger partial charge in [0.2, 0.25) is 0 Å². The van der Waals surface area contributed by atoms with Gasteiger partial charge in [-0.1, -0.05) is 95.3 Å². The van der Waals surface area contributed by atoms with Crippen molar-refractivity contribution < 1.29 is 24.2 Å². The molecule has 0 saturated heterocycles. The Morgan fingerprint density at radius 1 is 0.906 bits per heavy atom. The molecular weight excluding hydrogens is 420 g/mol. The predicted octanol–water partition coefficient (Wildman–Crippen LogP) is 3.26. The van der Waals surface area contributed by atoms with E-state index in [4.69, 9.17) is 4.43 Å². The first-order valence-corrected chi connectivity index (χ1v) is 13.0. The van der Waals surface area contributed by atoms with Gasteiger partial charge in [0.05, 0.1) is 25.7 Å². The summed E-state index contributed by atoms with van der Waals surface area (Å²) in [6, 6.07) is 20.7. The number of hydrogen-bond donors (Lipinski definition) is 2. The molecule has 176 valence electrons. The molecule has 2 rings (SSSR count). The molecular formula is C26H38O5Si. The van der Waals surface area contributed by atoms with Crippen LogP contribution in [0.2, 0.25) is 5.04 Å². The summed E-state index contributed by atoms with van der Waals surface area (Å²) in [4.78, 5) is 11.5. The number of methoxy groups -OCH3 is 1. The van der Waals surface area contributed by atoms with Crippen LogP contribution in [0.15, 0.2) is 60.7 Å². The monoisotopic (exact) mass is 458 g/mol. The minimum Gasteiger partial charge on any atom is -0.469 e. The highest BCUT2D eigenvalue weighted by Gasteiger charge is 2.51. The largest absolute Gasteiger partial charge is 0.469 e.